The molecule has 1 fully saturated rings. The third kappa shape index (κ3) is 3.00. The van der Waals surface area contributed by atoms with Crippen molar-refractivity contribution in [3.8, 4) is 0 Å². The second-order valence-corrected chi connectivity index (χ2v) is 5.40. The molecule has 0 aliphatic carbocycles. The van der Waals surface area contributed by atoms with Crippen molar-refractivity contribution in [1.29, 1.82) is 0 Å². The Morgan fingerprint density at radius 1 is 1.47 bits per heavy atom. The molecule has 82 valence electrons. The van der Waals surface area contributed by atoms with Crippen LogP contribution >= 0.6 is 0 Å². The molecule has 0 radical (unpaired) electrons. The molecule has 0 unspecified atom stereocenters. The molecule has 0 atom stereocenters. The van der Waals surface area contributed by atoms with Crippen molar-refractivity contribution in [2.75, 3.05) is 30.3 Å². The Morgan fingerprint density at radius 2 is 2.20 bits per heavy atom. The number of rotatable bonds is 2. The van der Waals surface area contributed by atoms with Crippen molar-refractivity contribution >= 4 is 16.5 Å². The van der Waals surface area contributed by atoms with Crippen LogP contribution in [0.3, 0.4) is 0 Å². The SMILES string of the molecule is Nc1ccnc(CN2CCS(=O)CC2)c1. The number of hydrogen-bond donors (Lipinski definition) is 1. The van der Waals surface area contributed by atoms with Crippen LogP contribution in [-0.2, 0) is 17.3 Å². The molecule has 5 heteroatoms. The molecule has 0 amide bonds. The molecule has 2 rings (SSSR count). The van der Waals surface area contributed by atoms with E-state index in [0.717, 1.165) is 42.5 Å². The van der Waals surface area contributed by atoms with E-state index in [1.807, 2.05) is 6.07 Å². The fourth-order valence-electron chi connectivity index (χ4n) is 1.65. The maximum Gasteiger partial charge on any atom is 0.0564 e. The second kappa shape index (κ2) is 4.72. The van der Waals surface area contributed by atoms with Gasteiger partial charge in [0.1, 0.15) is 0 Å². The van der Waals surface area contributed by atoms with E-state index in [9.17, 15) is 4.21 Å². The number of pyridine rings is 1. The number of anilines is 1. The molecule has 4 nitrogen and oxygen atoms in total. The first kappa shape index (κ1) is 10.6. The summed E-state index contributed by atoms with van der Waals surface area (Å²) in [5.74, 6) is 1.56. The van der Waals surface area contributed by atoms with Gasteiger partial charge in [-0.1, -0.05) is 0 Å². The molecule has 2 N–H and O–H groups in total. The lowest BCUT2D eigenvalue weighted by atomic mass is 10.3. The van der Waals surface area contributed by atoms with Gasteiger partial charge in [-0.3, -0.25) is 14.1 Å². The highest BCUT2D eigenvalue weighted by Crippen LogP contribution is 2.08. The summed E-state index contributed by atoms with van der Waals surface area (Å²) < 4.78 is 11.2. The number of nitrogen functional groups attached to an aromatic ring is 1. The molecule has 0 spiro atoms. The highest BCUT2D eigenvalue weighted by Gasteiger charge is 2.15. The summed E-state index contributed by atoms with van der Waals surface area (Å²) in [5, 5.41) is 0. The Labute approximate surface area is 91.9 Å². The van der Waals surface area contributed by atoms with Gasteiger partial charge in [0, 0.05) is 53.8 Å². The standard InChI is InChI=1S/C10H15N3OS/c11-9-1-2-12-10(7-9)8-13-3-5-15(14)6-4-13/h1-2,7H,3-6,8H2,(H2,11,12). The van der Waals surface area contributed by atoms with Crippen LogP contribution < -0.4 is 5.73 Å². The Hall–Kier alpha value is -0.940. The highest BCUT2D eigenvalue weighted by molar-refractivity contribution is 7.85. The van der Waals surface area contributed by atoms with E-state index in [0.29, 0.717) is 0 Å². The minimum Gasteiger partial charge on any atom is -0.399 e. The topological polar surface area (TPSA) is 59.2 Å². The molecule has 0 aromatic carbocycles. The molecule has 0 bridgehead atoms. The molecule has 1 saturated heterocycles. The van der Waals surface area contributed by atoms with E-state index in [-0.39, 0.29) is 0 Å². The molecule has 1 aliphatic heterocycles. The Morgan fingerprint density at radius 3 is 2.87 bits per heavy atom. The molecule has 1 aromatic heterocycles. The third-order valence-electron chi connectivity index (χ3n) is 2.50. The van der Waals surface area contributed by atoms with Crippen LogP contribution in [0.2, 0.25) is 0 Å². The Bertz CT molecular complexity index is 359. The van der Waals surface area contributed by atoms with Crippen molar-refractivity contribution in [2.45, 2.75) is 6.54 Å². The van der Waals surface area contributed by atoms with Crippen molar-refractivity contribution in [3.05, 3.63) is 24.0 Å². The number of nitrogens with two attached hydrogens (primary N) is 1. The van der Waals surface area contributed by atoms with Crippen molar-refractivity contribution in [3.63, 3.8) is 0 Å². The first-order chi connectivity index (χ1) is 7.24. The third-order valence-corrected chi connectivity index (χ3v) is 3.77. The van der Waals surface area contributed by atoms with E-state index in [4.69, 9.17) is 5.73 Å². The van der Waals surface area contributed by atoms with Gasteiger partial charge in [0.15, 0.2) is 0 Å². The van der Waals surface area contributed by atoms with Crippen LogP contribution in [0, 0.1) is 0 Å². The number of nitrogens with zero attached hydrogens (tertiary/aromatic N) is 2. The van der Waals surface area contributed by atoms with Crippen molar-refractivity contribution in [1.82, 2.24) is 9.88 Å². The molecule has 2 heterocycles. The zero-order valence-corrected chi connectivity index (χ0v) is 9.37. The van der Waals surface area contributed by atoms with Crippen LogP contribution in [0.4, 0.5) is 5.69 Å². The molecule has 1 aliphatic rings. The van der Waals surface area contributed by atoms with Gasteiger partial charge in [-0.15, -0.1) is 0 Å². The summed E-state index contributed by atoms with van der Waals surface area (Å²) in [6.45, 7) is 2.59. The Kier molecular flexibility index (Phi) is 3.33. The zero-order valence-electron chi connectivity index (χ0n) is 8.56. The van der Waals surface area contributed by atoms with E-state index in [1.165, 1.54) is 0 Å². The fraction of sp³-hybridized carbons (Fsp3) is 0.500. The van der Waals surface area contributed by atoms with E-state index < -0.39 is 10.8 Å². The first-order valence-corrected chi connectivity index (χ1v) is 6.50. The highest BCUT2D eigenvalue weighted by atomic mass is 32.2. The molecule has 0 saturated carbocycles. The molecular weight excluding hydrogens is 210 g/mol. The van der Waals surface area contributed by atoms with Crippen LogP contribution in [0.1, 0.15) is 5.69 Å². The van der Waals surface area contributed by atoms with Gasteiger partial charge in [-0.05, 0) is 12.1 Å². The van der Waals surface area contributed by atoms with E-state index in [2.05, 4.69) is 9.88 Å². The van der Waals surface area contributed by atoms with Gasteiger partial charge in [0.25, 0.3) is 0 Å². The maximum absolute atomic E-state index is 11.2. The van der Waals surface area contributed by atoms with Crippen LogP contribution in [0.25, 0.3) is 0 Å². The van der Waals surface area contributed by atoms with Gasteiger partial charge >= 0.3 is 0 Å². The minimum atomic E-state index is -0.610. The number of hydrogen-bond acceptors (Lipinski definition) is 4. The van der Waals surface area contributed by atoms with Crippen LogP contribution in [0.15, 0.2) is 18.3 Å². The van der Waals surface area contributed by atoms with E-state index in [1.54, 1.807) is 12.3 Å². The summed E-state index contributed by atoms with van der Waals surface area (Å²) in [4.78, 5) is 6.52. The van der Waals surface area contributed by atoms with Crippen molar-refractivity contribution in [2.24, 2.45) is 0 Å². The monoisotopic (exact) mass is 225 g/mol. The lowest BCUT2D eigenvalue weighted by Gasteiger charge is -2.25. The maximum atomic E-state index is 11.2. The van der Waals surface area contributed by atoms with Gasteiger partial charge in [0.2, 0.25) is 0 Å². The smallest absolute Gasteiger partial charge is 0.0564 e. The normalized spacial score (nSPS) is 19.2. The van der Waals surface area contributed by atoms with Gasteiger partial charge < -0.3 is 5.73 Å². The molecule has 15 heavy (non-hydrogen) atoms. The van der Waals surface area contributed by atoms with Gasteiger partial charge in [-0.2, -0.15) is 0 Å². The van der Waals surface area contributed by atoms with Crippen LogP contribution in [-0.4, -0.2) is 38.7 Å². The predicted molar refractivity (Wildman–Crippen MR) is 61.8 cm³/mol. The summed E-state index contributed by atoms with van der Waals surface area (Å²) >= 11 is 0. The first-order valence-electron chi connectivity index (χ1n) is 5.02. The zero-order chi connectivity index (χ0) is 10.7. The summed E-state index contributed by atoms with van der Waals surface area (Å²) in [5.41, 5.74) is 7.42. The minimum absolute atomic E-state index is 0.610. The quantitative estimate of drug-likeness (QED) is 0.782. The predicted octanol–water partition coefficient (Wildman–Crippen LogP) is 0.228. The summed E-state index contributed by atoms with van der Waals surface area (Å²) in [6.07, 6.45) is 1.73. The van der Waals surface area contributed by atoms with Crippen molar-refractivity contribution < 1.29 is 4.21 Å². The Balaban J connectivity index is 1.94. The lowest BCUT2D eigenvalue weighted by Crippen LogP contribution is -2.37. The summed E-state index contributed by atoms with van der Waals surface area (Å²) in [7, 11) is -0.610. The lowest BCUT2D eigenvalue weighted by molar-refractivity contribution is 0.288. The van der Waals surface area contributed by atoms with Gasteiger partial charge in [-0.25, -0.2) is 0 Å². The summed E-state index contributed by atoms with van der Waals surface area (Å²) in [6, 6.07) is 3.68. The number of aromatic nitrogens is 1. The second-order valence-electron chi connectivity index (χ2n) is 3.70. The average molecular weight is 225 g/mol. The fourth-order valence-corrected chi connectivity index (χ4v) is 2.77. The molecule has 1 aromatic rings. The average Bonchev–Trinajstić information content (AvgIpc) is 2.22. The van der Waals surface area contributed by atoms with Crippen LogP contribution in [0.5, 0.6) is 0 Å². The largest absolute Gasteiger partial charge is 0.399 e. The molecular formula is C10H15N3OS. The van der Waals surface area contributed by atoms with E-state index >= 15 is 0 Å². The van der Waals surface area contributed by atoms with Gasteiger partial charge in [0.05, 0.1) is 5.69 Å².